The Bertz CT molecular complexity index is 467. The lowest BCUT2D eigenvalue weighted by molar-refractivity contribution is 0.478. The van der Waals surface area contributed by atoms with E-state index in [0.29, 0.717) is 0 Å². The maximum atomic E-state index is 6.01. The average molecular weight is 193 g/mol. The van der Waals surface area contributed by atoms with Crippen molar-refractivity contribution in [3.05, 3.63) is 48.5 Å². The summed E-state index contributed by atoms with van der Waals surface area (Å²) in [5, 5.41) is 0. The maximum Gasteiger partial charge on any atom is 0.235 e. The van der Waals surface area contributed by atoms with Crippen LogP contribution >= 0.6 is 0 Å². The molecule has 0 N–H and O–H groups in total. The molecule has 1 heterocycles. The zero-order valence-electron chi connectivity index (χ0n) is 8.05. The Morgan fingerprint density at radius 3 is 1.80 bits per heavy atom. The van der Waals surface area contributed by atoms with Gasteiger partial charge in [-0.25, -0.2) is 0 Å². The van der Waals surface area contributed by atoms with Gasteiger partial charge in [-0.05, 0) is 24.3 Å². The van der Waals surface area contributed by atoms with Crippen LogP contribution in [0.1, 0.15) is 0 Å². The third kappa shape index (κ3) is 1.20. The number of hydrogen-bond donors (Lipinski definition) is 0. The van der Waals surface area contributed by atoms with E-state index in [1.54, 1.807) is 4.81 Å². The van der Waals surface area contributed by atoms with Crippen LogP contribution < -0.4 is 9.55 Å². The number of benzene rings is 2. The molecular formula is C12H8BNO. The van der Waals surface area contributed by atoms with Crippen LogP contribution in [0.15, 0.2) is 48.5 Å². The lowest BCUT2D eigenvalue weighted by Gasteiger charge is -2.30. The Morgan fingerprint density at radius 1 is 0.800 bits per heavy atom. The highest BCUT2D eigenvalue weighted by atomic mass is 16.5. The molecular weight excluding hydrogens is 185 g/mol. The van der Waals surface area contributed by atoms with Gasteiger partial charge in [-0.15, -0.1) is 0 Å². The fourth-order valence-electron chi connectivity index (χ4n) is 1.73. The molecule has 1 aliphatic heterocycles. The third-order valence-electron chi connectivity index (χ3n) is 2.47. The Balaban J connectivity index is 2.20. The van der Waals surface area contributed by atoms with Crippen LogP contribution in [-0.2, 0) is 0 Å². The van der Waals surface area contributed by atoms with Crippen LogP contribution in [0.5, 0.6) is 11.5 Å². The molecule has 2 aromatic rings. The van der Waals surface area contributed by atoms with E-state index < -0.39 is 0 Å². The molecule has 70 valence electrons. The highest BCUT2D eigenvalue weighted by molar-refractivity contribution is 6.23. The third-order valence-corrected chi connectivity index (χ3v) is 2.47. The smallest absolute Gasteiger partial charge is 0.235 e. The number of rotatable bonds is 0. The zero-order chi connectivity index (χ0) is 10.3. The van der Waals surface area contributed by atoms with Gasteiger partial charge in [0.25, 0.3) is 0 Å². The molecule has 1 aliphatic rings. The number of fused-ring (bicyclic) bond motifs is 2. The number of hydrogen-bond acceptors (Lipinski definition) is 2. The summed E-state index contributed by atoms with van der Waals surface area (Å²) in [5.41, 5.74) is 1.77. The van der Waals surface area contributed by atoms with Gasteiger partial charge in [0.05, 0.1) is 11.4 Å². The van der Waals surface area contributed by atoms with Crippen molar-refractivity contribution in [1.82, 2.24) is 0 Å². The number of ether oxygens (including phenoxy) is 1. The summed E-state index contributed by atoms with van der Waals surface area (Å²) in [6, 6.07) is 15.4. The normalized spacial score (nSPS) is 12.7. The standard InChI is InChI=1S/C12H8BNO/c13-14-9-5-1-3-7-11(9)15-12-8-4-2-6-10(12)14/h1-8H. The summed E-state index contributed by atoms with van der Waals surface area (Å²) in [4.78, 5) is 1.65. The highest BCUT2D eigenvalue weighted by Crippen LogP contribution is 2.44. The van der Waals surface area contributed by atoms with Gasteiger partial charge < -0.3 is 9.55 Å². The zero-order valence-corrected chi connectivity index (χ0v) is 8.05. The minimum atomic E-state index is 0.790. The van der Waals surface area contributed by atoms with Gasteiger partial charge in [0.1, 0.15) is 11.5 Å². The molecule has 2 radical (unpaired) electrons. The van der Waals surface area contributed by atoms with Gasteiger partial charge >= 0.3 is 0 Å². The van der Waals surface area contributed by atoms with E-state index in [1.807, 2.05) is 48.5 Å². The minimum absolute atomic E-state index is 0.790. The van der Waals surface area contributed by atoms with Crippen molar-refractivity contribution in [3.8, 4) is 11.5 Å². The van der Waals surface area contributed by atoms with Crippen molar-refractivity contribution in [2.45, 2.75) is 0 Å². The summed E-state index contributed by atoms with van der Waals surface area (Å²) in [6.45, 7) is 0. The molecule has 0 saturated carbocycles. The Kier molecular flexibility index (Phi) is 1.71. The molecule has 0 spiro atoms. The van der Waals surface area contributed by atoms with E-state index in [9.17, 15) is 0 Å². The molecule has 0 atom stereocenters. The molecule has 0 saturated heterocycles. The van der Waals surface area contributed by atoms with E-state index in [2.05, 4.69) is 0 Å². The quantitative estimate of drug-likeness (QED) is 0.596. The second-order valence-corrected chi connectivity index (χ2v) is 3.41. The summed E-state index contributed by atoms with van der Waals surface area (Å²) in [7, 11) is 6.01. The highest BCUT2D eigenvalue weighted by Gasteiger charge is 2.19. The predicted octanol–water partition coefficient (Wildman–Crippen LogP) is 3.01. The van der Waals surface area contributed by atoms with Crippen molar-refractivity contribution in [3.63, 3.8) is 0 Å². The number of anilines is 2. The molecule has 0 fully saturated rings. The summed E-state index contributed by atoms with van der Waals surface area (Å²) in [6.07, 6.45) is 0. The lowest BCUT2D eigenvalue weighted by Crippen LogP contribution is -2.16. The van der Waals surface area contributed by atoms with Crippen LogP contribution in [0.2, 0.25) is 0 Å². The molecule has 2 nitrogen and oxygen atoms in total. The van der Waals surface area contributed by atoms with E-state index in [-0.39, 0.29) is 0 Å². The summed E-state index contributed by atoms with van der Waals surface area (Å²) < 4.78 is 5.73. The Morgan fingerprint density at radius 2 is 1.27 bits per heavy atom. The number of para-hydroxylation sites is 4. The molecule has 0 aliphatic carbocycles. The predicted molar refractivity (Wildman–Crippen MR) is 60.9 cm³/mol. The van der Waals surface area contributed by atoms with E-state index in [0.717, 1.165) is 22.9 Å². The van der Waals surface area contributed by atoms with E-state index in [4.69, 9.17) is 12.7 Å². The second kappa shape index (κ2) is 3.06. The first-order chi connectivity index (χ1) is 7.36. The minimum Gasteiger partial charge on any atom is -0.453 e. The summed E-state index contributed by atoms with van der Waals surface area (Å²) >= 11 is 0. The van der Waals surface area contributed by atoms with Crippen LogP contribution in [0.4, 0.5) is 11.4 Å². The topological polar surface area (TPSA) is 12.5 Å². The van der Waals surface area contributed by atoms with Gasteiger partial charge in [0.15, 0.2) is 0 Å². The fourth-order valence-corrected chi connectivity index (χ4v) is 1.73. The fraction of sp³-hybridized carbons (Fsp3) is 0. The van der Waals surface area contributed by atoms with Crippen molar-refractivity contribution in [1.29, 1.82) is 0 Å². The van der Waals surface area contributed by atoms with Crippen LogP contribution in [0, 0.1) is 0 Å². The molecule has 3 rings (SSSR count). The van der Waals surface area contributed by atoms with Crippen molar-refractivity contribution in [2.75, 3.05) is 4.81 Å². The van der Waals surface area contributed by atoms with E-state index >= 15 is 0 Å². The van der Waals surface area contributed by atoms with Crippen LogP contribution in [0.3, 0.4) is 0 Å². The molecule has 3 heteroatoms. The maximum absolute atomic E-state index is 6.01. The molecule has 15 heavy (non-hydrogen) atoms. The van der Waals surface area contributed by atoms with Gasteiger partial charge in [-0.1, -0.05) is 24.3 Å². The Labute approximate surface area is 89.5 Å². The van der Waals surface area contributed by atoms with Crippen molar-refractivity contribution >= 4 is 19.4 Å². The average Bonchev–Trinajstić information content (AvgIpc) is 2.30. The largest absolute Gasteiger partial charge is 0.453 e. The SMILES string of the molecule is [B]N1c2ccccc2Oc2ccccc21. The molecule has 0 aromatic heterocycles. The monoisotopic (exact) mass is 193 g/mol. The molecule has 0 bridgehead atoms. The van der Waals surface area contributed by atoms with Gasteiger partial charge in [0, 0.05) is 0 Å². The molecule has 2 aromatic carbocycles. The molecule has 0 amide bonds. The first-order valence-electron chi connectivity index (χ1n) is 4.77. The van der Waals surface area contributed by atoms with Gasteiger partial charge in [-0.3, -0.25) is 0 Å². The number of nitrogens with zero attached hydrogens (tertiary/aromatic N) is 1. The van der Waals surface area contributed by atoms with Crippen molar-refractivity contribution in [2.24, 2.45) is 0 Å². The summed E-state index contributed by atoms with van der Waals surface area (Å²) in [5.74, 6) is 1.58. The van der Waals surface area contributed by atoms with Gasteiger partial charge in [0.2, 0.25) is 7.98 Å². The first-order valence-corrected chi connectivity index (χ1v) is 4.77. The molecule has 0 unspecified atom stereocenters. The van der Waals surface area contributed by atoms with E-state index in [1.165, 1.54) is 0 Å². The lowest BCUT2D eigenvalue weighted by atomic mass is 10.1. The van der Waals surface area contributed by atoms with Gasteiger partial charge in [-0.2, -0.15) is 0 Å². The Hall–Kier alpha value is -1.90. The van der Waals surface area contributed by atoms with Crippen molar-refractivity contribution < 1.29 is 4.74 Å². The first kappa shape index (κ1) is 8.42. The van der Waals surface area contributed by atoms with Crippen LogP contribution in [-0.4, -0.2) is 7.98 Å². The van der Waals surface area contributed by atoms with Crippen LogP contribution in [0.25, 0.3) is 0 Å². The second-order valence-electron chi connectivity index (χ2n) is 3.41.